The van der Waals surface area contributed by atoms with Gasteiger partial charge >= 0.3 is 5.97 Å². The van der Waals surface area contributed by atoms with Gasteiger partial charge in [0.2, 0.25) is 6.23 Å². The van der Waals surface area contributed by atoms with Crippen LogP contribution < -0.4 is 12.4 Å². The molecule has 134 valence electrons. The Kier molecular flexibility index (Phi) is 6.16. The Balaban J connectivity index is 0.00000208. The molecular weight excluding hydrogens is 326 g/mol. The van der Waals surface area contributed by atoms with Gasteiger partial charge in [0.25, 0.3) is 0 Å². The first-order valence-electron chi connectivity index (χ1n) is 8.80. The van der Waals surface area contributed by atoms with Gasteiger partial charge in [-0.05, 0) is 24.3 Å². The van der Waals surface area contributed by atoms with E-state index >= 15 is 0 Å². The van der Waals surface area contributed by atoms with Crippen LogP contribution in [0, 0.1) is 0 Å². The third kappa shape index (κ3) is 4.04. The summed E-state index contributed by atoms with van der Waals surface area (Å²) in [5.74, 6) is 0.509. The van der Waals surface area contributed by atoms with E-state index in [2.05, 4.69) is 14.1 Å². The van der Waals surface area contributed by atoms with Crippen molar-refractivity contribution in [3.63, 3.8) is 0 Å². The maximum atomic E-state index is 12.3. The number of ether oxygens (including phenoxy) is 1. The van der Waals surface area contributed by atoms with Crippen molar-refractivity contribution in [1.82, 2.24) is 0 Å². The summed E-state index contributed by atoms with van der Waals surface area (Å²) >= 11 is 0. The van der Waals surface area contributed by atoms with Crippen molar-refractivity contribution in [3.8, 4) is 5.75 Å². The number of para-hydroxylation sites is 1. The van der Waals surface area contributed by atoms with Crippen LogP contribution in [-0.2, 0) is 16.0 Å². The average Bonchev–Trinajstić information content (AvgIpc) is 3.12. The predicted octanol–water partition coefficient (Wildman–Crippen LogP) is 0.336. The van der Waals surface area contributed by atoms with Crippen molar-refractivity contribution >= 4 is 5.97 Å². The molecule has 1 aliphatic carbocycles. The molecule has 4 nitrogen and oxygen atoms in total. The second kappa shape index (κ2) is 7.75. The van der Waals surface area contributed by atoms with Crippen LogP contribution in [0.2, 0.25) is 0 Å². The standard InChI is InChI=1S/C19H27NO3.ClH/c1-20(2)12-6-11-17(20)23-18(21)13-15-9-5-10-16(19(15)22)14-7-3-4-8-14;/h5,9-10,14,17H,3-4,6-8,11-13H2,1-2H3;1H. The van der Waals surface area contributed by atoms with Gasteiger partial charge in [0, 0.05) is 18.4 Å². The molecule has 0 aromatic heterocycles. The summed E-state index contributed by atoms with van der Waals surface area (Å²) in [4.78, 5) is 12.3. The van der Waals surface area contributed by atoms with E-state index in [1.54, 1.807) is 0 Å². The fraction of sp³-hybridized carbons (Fsp3) is 0.632. The van der Waals surface area contributed by atoms with Crippen molar-refractivity contribution < 1.29 is 31.5 Å². The summed E-state index contributed by atoms with van der Waals surface area (Å²) in [6, 6.07) is 5.78. The van der Waals surface area contributed by atoms with Crippen molar-refractivity contribution in [2.75, 3.05) is 20.6 Å². The second-order valence-corrected chi connectivity index (χ2v) is 7.60. The molecule has 0 bridgehead atoms. The Labute approximate surface area is 150 Å². The van der Waals surface area contributed by atoms with Crippen LogP contribution in [0.3, 0.4) is 0 Å². The number of carbonyl (C=O) groups is 1. The minimum Gasteiger partial charge on any atom is -1.00 e. The van der Waals surface area contributed by atoms with Crippen molar-refractivity contribution in [3.05, 3.63) is 29.3 Å². The van der Waals surface area contributed by atoms with Crippen LogP contribution in [-0.4, -0.2) is 42.4 Å². The molecule has 24 heavy (non-hydrogen) atoms. The molecule has 0 spiro atoms. The van der Waals surface area contributed by atoms with E-state index in [-0.39, 0.29) is 31.0 Å². The lowest BCUT2D eigenvalue weighted by molar-refractivity contribution is -0.921. The molecule has 0 amide bonds. The number of phenolic OH excluding ortho intramolecular Hbond substituents is 1. The number of quaternary nitrogens is 1. The number of nitrogens with zero attached hydrogens (tertiary/aromatic N) is 1. The molecule has 1 aromatic carbocycles. The molecule has 3 rings (SSSR count). The van der Waals surface area contributed by atoms with Crippen molar-refractivity contribution in [2.45, 2.75) is 57.1 Å². The highest BCUT2D eigenvalue weighted by Gasteiger charge is 2.37. The van der Waals surface area contributed by atoms with E-state index in [4.69, 9.17) is 4.74 Å². The summed E-state index contributed by atoms with van der Waals surface area (Å²) < 4.78 is 6.41. The van der Waals surface area contributed by atoms with Gasteiger partial charge in [0.1, 0.15) is 5.75 Å². The smallest absolute Gasteiger partial charge is 0.314 e. The van der Waals surface area contributed by atoms with Gasteiger partial charge in [-0.3, -0.25) is 9.28 Å². The highest BCUT2D eigenvalue weighted by molar-refractivity contribution is 5.74. The zero-order valence-electron chi connectivity index (χ0n) is 14.6. The van der Waals surface area contributed by atoms with Crippen LogP contribution in [0.5, 0.6) is 5.75 Å². The SMILES string of the molecule is C[N+]1(C)CCCC1OC(=O)Cc1cccc(C2CCCC2)c1O.[Cl-]. The van der Waals surface area contributed by atoms with Gasteiger partial charge in [-0.2, -0.15) is 0 Å². The molecule has 1 N–H and O–H groups in total. The fourth-order valence-electron chi connectivity index (χ4n) is 4.04. The van der Waals surface area contributed by atoms with Gasteiger partial charge in [-0.1, -0.05) is 31.0 Å². The van der Waals surface area contributed by atoms with Crippen LogP contribution in [0.15, 0.2) is 18.2 Å². The Morgan fingerprint density at radius 1 is 1.21 bits per heavy atom. The zero-order chi connectivity index (χ0) is 16.4. The molecule has 0 radical (unpaired) electrons. The second-order valence-electron chi connectivity index (χ2n) is 7.60. The molecule has 1 unspecified atom stereocenters. The molecule has 1 saturated carbocycles. The predicted molar refractivity (Wildman–Crippen MR) is 89.1 cm³/mol. The maximum absolute atomic E-state index is 12.3. The molecular formula is C19H28ClNO3. The molecule has 1 aromatic rings. The fourth-order valence-corrected chi connectivity index (χ4v) is 4.04. The normalized spacial score (nSPS) is 23.0. The highest BCUT2D eigenvalue weighted by Crippen LogP contribution is 2.39. The molecule has 5 heteroatoms. The Morgan fingerprint density at radius 2 is 1.92 bits per heavy atom. The van der Waals surface area contributed by atoms with E-state index in [1.807, 2.05) is 18.2 Å². The molecule has 2 aliphatic rings. The first-order chi connectivity index (χ1) is 11.0. The van der Waals surface area contributed by atoms with Gasteiger partial charge in [0.15, 0.2) is 0 Å². The lowest BCUT2D eigenvalue weighted by Gasteiger charge is -2.30. The minimum atomic E-state index is -0.234. The average molecular weight is 354 g/mol. The summed E-state index contributed by atoms with van der Waals surface area (Å²) in [5, 5.41) is 10.5. The number of hydrogen-bond donors (Lipinski definition) is 1. The highest BCUT2D eigenvalue weighted by atomic mass is 35.5. The van der Waals surface area contributed by atoms with E-state index in [0.717, 1.165) is 42.3 Å². The number of carbonyl (C=O) groups excluding carboxylic acids is 1. The number of likely N-dealkylation sites (tertiary alicyclic amines) is 1. The van der Waals surface area contributed by atoms with E-state index in [0.29, 0.717) is 17.2 Å². The number of rotatable bonds is 4. The number of benzene rings is 1. The van der Waals surface area contributed by atoms with Gasteiger partial charge in [-0.15, -0.1) is 0 Å². The number of phenols is 1. The largest absolute Gasteiger partial charge is 1.00 e. The van der Waals surface area contributed by atoms with Crippen LogP contribution in [0.4, 0.5) is 0 Å². The first-order valence-corrected chi connectivity index (χ1v) is 8.80. The van der Waals surface area contributed by atoms with Gasteiger partial charge in [-0.25, -0.2) is 0 Å². The number of aromatic hydroxyl groups is 1. The third-order valence-electron chi connectivity index (χ3n) is 5.51. The van der Waals surface area contributed by atoms with E-state index < -0.39 is 0 Å². The van der Waals surface area contributed by atoms with E-state index in [9.17, 15) is 9.90 Å². The molecule has 1 atom stereocenters. The first kappa shape index (κ1) is 19.1. The lowest BCUT2D eigenvalue weighted by atomic mass is 9.94. The summed E-state index contributed by atoms with van der Waals surface area (Å²) in [5.41, 5.74) is 1.70. The quantitative estimate of drug-likeness (QED) is 0.627. The van der Waals surface area contributed by atoms with Crippen LogP contribution in [0.25, 0.3) is 0 Å². The molecule has 1 saturated heterocycles. The van der Waals surface area contributed by atoms with E-state index in [1.165, 1.54) is 12.8 Å². The van der Waals surface area contributed by atoms with Crippen LogP contribution in [0.1, 0.15) is 55.6 Å². The van der Waals surface area contributed by atoms with Crippen molar-refractivity contribution in [1.29, 1.82) is 0 Å². The summed E-state index contributed by atoms with van der Waals surface area (Å²) in [6.45, 7) is 1.04. The lowest BCUT2D eigenvalue weighted by Crippen LogP contribution is -3.00. The van der Waals surface area contributed by atoms with Crippen molar-refractivity contribution in [2.24, 2.45) is 0 Å². The minimum absolute atomic E-state index is 0. The molecule has 1 aliphatic heterocycles. The molecule has 2 fully saturated rings. The summed E-state index contributed by atoms with van der Waals surface area (Å²) in [7, 11) is 4.20. The maximum Gasteiger partial charge on any atom is 0.314 e. The topological polar surface area (TPSA) is 46.5 Å². The zero-order valence-corrected chi connectivity index (χ0v) is 15.4. The Morgan fingerprint density at radius 3 is 2.54 bits per heavy atom. The third-order valence-corrected chi connectivity index (χ3v) is 5.51. The Hall–Kier alpha value is -1.26. The molecule has 1 heterocycles. The monoisotopic (exact) mass is 353 g/mol. The Bertz CT molecular complexity index is 582. The van der Waals surface area contributed by atoms with Gasteiger partial charge in [0.05, 0.1) is 27.1 Å². The van der Waals surface area contributed by atoms with Gasteiger partial charge < -0.3 is 22.3 Å². The number of halogens is 1. The van der Waals surface area contributed by atoms with Crippen LogP contribution >= 0.6 is 0 Å². The number of esters is 1. The summed E-state index contributed by atoms with van der Waals surface area (Å²) in [6.07, 6.45) is 6.84. The number of hydrogen-bond acceptors (Lipinski definition) is 3.